The van der Waals surface area contributed by atoms with E-state index in [9.17, 15) is 8.42 Å². The number of anilines is 1. The van der Waals surface area contributed by atoms with Gasteiger partial charge in [-0.3, -0.25) is 0 Å². The molecule has 0 aliphatic heterocycles. The quantitative estimate of drug-likeness (QED) is 0.852. The molecule has 0 aromatic heterocycles. The van der Waals surface area contributed by atoms with Crippen LogP contribution < -0.4 is 5.73 Å². The normalized spacial score (nSPS) is 11.5. The van der Waals surface area contributed by atoms with Crippen LogP contribution in [0.3, 0.4) is 0 Å². The predicted octanol–water partition coefficient (Wildman–Crippen LogP) is 3.59. The zero-order valence-corrected chi connectivity index (χ0v) is 13.3. The second kappa shape index (κ2) is 5.56. The molecule has 0 fully saturated rings. The Kier molecular flexibility index (Phi) is 4.23. The van der Waals surface area contributed by atoms with Gasteiger partial charge in [-0.25, -0.2) is 8.42 Å². The Hall–Kier alpha value is -0.980. The van der Waals surface area contributed by atoms with Gasteiger partial charge in [0.15, 0.2) is 9.84 Å². The molecule has 0 saturated heterocycles. The van der Waals surface area contributed by atoms with Crippen LogP contribution in [-0.4, -0.2) is 14.7 Å². The van der Waals surface area contributed by atoms with Crippen LogP contribution >= 0.6 is 27.7 Å². The van der Waals surface area contributed by atoms with E-state index in [0.29, 0.717) is 5.69 Å². The van der Waals surface area contributed by atoms with E-state index in [1.165, 1.54) is 17.8 Å². The topological polar surface area (TPSA) is 60.2 Å². The smallest absolute Gasteiger partial charge is 0.177 e. The minimum atomic E-state index is -3.30. The van der Waals surface area contributed by atoms with E-state index >= 15 is 0 Å². The lowest BCUT2D eigenvalue weighted by Crippen LogP contribution is -2.03. The van der Waals surface area contributed by atoms with Crippen molar-refractivity contribution in [1.29, 1.82) is 0 Å². The van der Waals surface area contributed by atoms with Crippen molar-refractivity contribution >= 4 is 43.2 Å². The van der Waals surface area contributed by atoms with Gasteiger partial charge in [0.1, 0.15) is 0 Å². The first kappa shape index (κ1) is 14.4. The maximum Gasteiger partial charge on any atom is 0.177 e. The summed E-state index contributed by atoms with van der Waals surface area (Å²) in [6, 6.07) is 12.8. The van der Waals surface area contributed by atoms with Crippen LogP contribution in [0, 0.1) is 0 Å². The van der Waals surface area contributed by atoms with E-state index < -0.39 is 9.84 Å². The van der Waals surface area contributed by atoms with Crippen LogP contribution in [0.2, 0.25) is 0 Å². The highest BCUT2D eigenvalue weighted by Crippen LogP contribution is 2.35. The van der Waals surface area contributed by atoms with Crippen molar-refractivity contribution in [3.63, 3.8) is 0 Å². The van der Waals surface area contributed by atoms with E-state index in [2.05, 4.69) is 15.9 Å². The fraction of sp³-hybridized carbons (Fsp3) is 0.0769. The first-order chi connectivity index (χ1) is 8.88. The van der Waals surface area contributed by atoms with Gasteiger partial charge in [-0.05, 0) is 36.4 Å². The third-order valence-corrected chi connectivity index (χ3v) is 5.23. The molecule has 2 rings (SSSR count). The lowest BCUT2D eigenvalue weighted by atomic mass is 10.3. The fourth-order valence-electron chi connectivity index (χ4n) is 1.57. The second-order valence-electron chi connectivity index (χ2n) is 4.00. The zero-order chi connectivity index (χ0) is 14.0. The molecule has 0 heterocycles. The summed E-state index contributed by atoms with van der Waals surface area (Å²) >= 11 is 4.81. The van der Waals surface area contributed by atoms with Gasteiger partial charge in [0.25, 0.3) is 0 Å². The SMILES string of the molecule is CS(=O)(=O)c1cccc(Sc2ccc(Br)cc2)c1N. The summed E-state index contributed by atoms with van der Waals surface area (Å²) < 4.78 is 24.2. The first-order valence-corrected chi connectivity index (χ1v) is 8.90. The Morgan fingerprint density at radius 1 is 1.11 bits per heavy atom. The van der Waals surface area contributed by atoms with Crippen LogP contribution in [-0.2, 0) is 9.84 Å². The third-order valence-electron chi connectivity index (χ3n) is 2.47. The Morgan fingerprint density at radius 3 is 2.32 bits per heavy atom. The molecular formula is C13H12BrNO2S2. The molecule has 0 atom stereocenters. The Bertz CT molecular complexity index is 697. The van der Waals surface area contributed by atoms with Crippen molar-refractivity contribution in [1.82, 2.24) is 0 Å². The minimum absolute atomic E-state index is 0.176. The highest BCUT2D eigenvalue weighted by molar-refractivity contribution is 9.10. The predicted molar refractivity (Wildman–Crippen MR) is 82.2 cm³/mol. The zero-order valence-electron chi connectivity index (χ0n) is 10.1. The highest BCUT2D eigenvalue weighted by atomic mass is 79.9. The molecule has 3 nitrogen and oxygen atoms in total. The summed E-state index contributed by atoms with van der Waals surface area (Å²) in [5.74, 6) is 0. The average molecular weight is 358 g/mol. The van der Waals surface area contributed by atoms with Gasteiger partial charge < -0.3 is 5.73 Å². The number of nitrogens with two attached hydrogens (primary N) is 1. The van der Waals surface area contributed by atoms with Gasteiger partial charge in [0.05, 0.1) is 10.6 Å². The molecule has 2 N–H and O–H groups in total. The Labute approximate surface area is 125 Å². The maximum absolute atomic E-state index is 11.6. The highest BCUT2D eigenvalue weighted by Gasteiger charge is 2.14. The van der Waals surface area contributed by atoms with Gasteiger partial charge >= 0.3 is 0 Å². The van der Waals surface area contributed by atoms with E-state index in [1.54, 1.807) is 6.07 Å². The molecule has 6 heteroatoms. The number of hydrogen-bond acceptors (Lipinski definition) is 4. The molecule has 0 saturated carbocycles. The van der Waals surface area contributed by atoms with Crippen molar-refractivity contribution in [2.45, 2.75) is 14.7 Å². The molecule has 0 amide bonds. The van der Waals surface area contributed by atoms with Crippen LogP contribution in [0.1, 0.15) is 0 Å². The van der Waals surface area contributed by atoms with E-state index in [1.807, 2.05) is 30.3 Å². The van der Waals surface area contributed by atoms with E-state index in [4.69, 9.17) is 5.73 Å². The second-order valence-corrected chi connectivity index (χ2v) is 8.01. The van der Waals surface area contributed by atoms with E-state index in [0.717, 1.165) is 20.5 Å². The standard InChI is InChI=1S/C13H12BrNO2S2/c1-19(16,17)12-4-2-3-11(13(12)15)18-10-7-5-9(14)6-8-10/h2-8H,15H2,1H3. The number of rotatable bonds is 3. The number of halogens is 1. The molecule has 0 aliphatic carbocycles. The number of benzene rings is 2. The third kappa shape index (κ3) is 3.52. The van der Waals surface area contributed by atoms with E-state index in [-0.39, 0.29) is 4.90 Å². The van der Waals surface area contributed by atoms with Gasteiger partial charge in [-0.2, -0.15) is 0 Å². The summed E-state index contributed by atoms with van der Waals surface area (Å²) in [5, 5.41) is 0. The van der Waals surface area contributed by atoms with Crippen molar-refractivity contribution in [3.8, 4) is 0 Å². The van der Waals surface area contributed by atoms with Gasteiger partial charge in [-0.15, -0.1) is 0 Å². The molecule has 19 heavy (non-hydrogen) atoms. The Balaban J connectivity index is 2.39. The molecule has 0 spiro atoms. The number of nitrogen functional groups attached to an aromatic ring is 1. The summed E-state index contributed by atoms with van der Waals surface area (Å²) in [5.41, 5.74) is 6.24. The number of sulfone groups is 1. The lowest BCUT2D eigenvalue weighted by molar-refractivity contribution is 0.602. The molecule has 0 unspecified atom stereocenters. The molecular weight excluding hydrogens is 346 g/mol. The largest absolute Gasteiger partial charge is 0.397 e. The van der Waals surface area contributed by atoms with Crippen LogP contribution in [0.15, 0.2) is 61.6 Å². The van der Waals surface area contributed by atoms with Gasteiger partial charge in [-0.1, -0.05) is 33.8 Å². The van der Waals surface area contributed by atoms with Crippen molar-refractivity contribution < 1.29 is 8.42 Å². The molecule has 0 radical (unpaired) electrons. The molecule has 0 bridgehead atoms. The first-order valence-electron chi connectivity index (χ1n) is 5.40. The fourth-order valence-corrected chi connectivity index (χ4v) is 3.62. The molecule has 2 aromatic rings. The summed E-state index contributed by atoms with van der Waals surface area (Å²) in [7, 11) is -3.30. The summed E-state index contributed by atoms with van der Waals surface area (Å²) in [4.78, 5) is 1.92. The van der Waals surface area contributed by atoms with Crippen molar-refractivity contribution in [2.75, 3.05) is 12.0 Å². The number of para-hydroxylation sites is 1. The molecule has 0 aliphatic rings. The van der Waals surface area contributed by atoms with Crippen LogP contribution in [0.5, 0.6) is 0 Å². The van der Waals surface area contributed by atoms with Crippen molar-refractivity contribution in [3.05, 3.63) is 46.9 Å². The molecule has 2 aromatic carbocycles. The summed E-state index contributed by atoms with van der Waals surface area (Å²) in [6.45, 7) is 0. The number of hydrogen-bond donors (Lipinski definition) is 1. The molecule has 100 valence electrons. The maximum atomic E-state index is 11.6. The average Bonchev–Trinajstić information content (AvgIpc) is 2.33. The van der Waals surface area contributed by atoms with Crippen molar-refractivity contribution in [2.24, 2.45) is 0 Å². The van der Waals surface area contributed by atoms with Gasteiger partial charge in [0.2, 0.25) is 0 Å². The summed E-state index contributed by atoms with van der Waals surface area (Å²) in [6.07, 6.45) is 1.16. The Morgan fingerprint density at radius 2 is 1.74 bits per heavy atom. The van der Waals surface area contributed by atoms with Crippen LogP contribution in [0.4, 0.5) is 5.69 Å². The lowest BCUT2D eigenvalue weighted by Gasteiger charge is -2.09. The minimum Gasteiger partial charge on any atom is -0.397 e. The van der Waals surface area contributed by atoms with Gasteiger partial charge in [0, 0.05) is 20.5 Å². The monoisotopic (exact) mass is 357 g/mol. The van der Waals surface area contributed by atoms with Crippen LogP contribution in [0.25, 0.3) is 0 Å².